The van der Waals surface area contributed by atoms with Crippen LogP contribution in [-0.2, 0) is 0 Å². The fourth-order valence-corrected chi connectivity index (χ4v) is 3.27. The summed E-state index contributed by atoms with van der Waals surface area (Å²) in [6.45, 7) is 8.30. The Kier molecular flexibility index (Phi) is 5.30. The molecule has 0 spiro atoms. The maximum absolute atomic E-state index is 3.69. The third-order valence-corrected chi connectivity index (χ3v) is 4.89. The van der Waals surface area contributed by atoms with Gasteiger partial charge in [-0.3, -0.25) is 0 Å². The van der Waals surface area contributed by atoms with E-state index in [0.29, 0.717) is 6.04 Å². The molecule has 1 aromatic carbocycles. The van der Waals surface area contributed by atoms with Crippen molar-refractivity contribution in [2.24, 2.45) is 5.92 Å². The van der Waals surface area contributed by atoms with Crippen LogP contribution in [0.15, 0.2) is 24.3 Å². The van der Waals surface area contributed by atoms with E-state index in [2.05, 4.69) is 70.9 Å². The first-order valence-corrected chi connectivity index (χ1v) is 8.02. The highest BCUT2D eigenvalue weighted by molar-refractivity contribution is 14.1. The minimum atomic E-state index is 0.551. The Hall–Kier alpha value is -0.290. The molecule has 18 heavy (non-hydrogen) atoms. The van der Waals surface area contributed by atoms with E-state index in [4.69, 9.17) is 0 Å². The van der Waals surface area contributed by atoms with Crippen molar-refractivity contribution in [3.63, 3.8) is 0 Å². The second-order valence-corrected chi connectivity index (χ2v) is 6.37. The second-order valence-electron chi connectivity index (χ2n) is 5.21. The fourth-order valence-electron chi connectivity index (χ4n) is 2.73. The minimum absolute atomic E-state index is 0.551. The summed E-state index contributed by atoms with van der Waals surface area (Å²) in [6.07, 6.45) is 2.70. The van der Waals surface area contributed by atoms with Crippen LogP contribution in [0, 0.1) is 9.49 Å². The van der Waals surface area contributed by atoms with Gasteiger partial charge in [0.05, 0.1) is 0 Å². The van der Waals surface area contributed by atoms with E-state index in [0.717, 1.165) is 5.92 Å². The van der Waals surface area contributed by atoms with Crippen molar-refractivity contribution in [2.75, 3.05) is 25.0 Å². The number of rotatable bonds is 4. The van der Waals surface area contributed by atoms with E-state index in [1.54, 1.807) is 0 Å². The van der Waals surface area contributed by atoms with Crippen molar-refractivity contribution < 1.29 is 0 Å². The number of para-hydroxylation sites is 1. The number of likely N-dealkylation sites (tertiary alicyclic amines) is 1. The van der Waals surface area contributed by atoms with Gasteiger partial charge in [-0.05, 0) is 73.5 Å². The molecule has 2 nitrogen and oxygen atoms in total. The summed E-state index contributed by atoms with van der Waals surface area (Å²) < 4.78 is 1.31. The van der Waals surface area contributed by atoms with Gasteiger partial charge in [-0.25, -0.2) is 0 Å². The average molecular weight is 358 g/mol. The van der Waals surface area contributed by atoms with Crippen molar-refractivity contribution in [1.29, 1.82) is 0 Å². The van der Waals surface area contributed by atoms with E-state index in [9.17, 15) is 0 Å². The maximum Gasteiger partial charge on any atom is 0.0478 e. The molecule has 0 aromatic heterocycles. The first-order valence-electron chi connectivity index (χ1n) is 6.94. The summed E-state index contributed by atoms with van der Waals surface area (Å²) in [5.74, 6) is 0.773. The first kappa shape index (κ1) is 14.1. The number of hydrogen-bond donors (Lipinski definition) is 1. The lowest BCUT2D eigenvalue weighted by Crippen LogP contribution is -2.41. The summed E-state index contributed by atoms with van der Waals surface area (Å²) in [5.41, 5.74) is 1.28. The SMILES string of the molecule is CCN1CCCC(C(C)Nc2ccccc2I)C1. The molecule has 0 amide bonds. The van der Waals surface area contributed by atoms with Crippen molar-refractivity contribution in [2.45, 2.75) is 32.7 Å². The minimum Gasteiger partial charge on any atom is -0.381 e. The van der Waals surface area contributed by atoms with Gasteiger partial charge in [0.2, 0.25) is 0 Å². The van der Waals surface area contributed by atoms with Crippen molar-refractivity contribution >= 4 is 28.3 Å². The van der Waals surface area contributed by atoms with Crippen molar-refractivity contribution in [3.8, 4) is 0 Å². The largest absolute Gasteiger partial charge is 0.381 e. The molecule has 1 aromatic rings. The number of anilines is 1. The summed E-state index contributed by atoms with van der Waals surface area (Å²) in [7, 11) is 0. The van der Waals surface area contributed by atoms with Gasteiger partial charge in [-0.1, -0.05) is 19.1 Å². The highest BCUT2D eigenvalue weighted by Crippen LogP contribution is 2.24. The summed E-state index contributed by atoms with van der Waals surface area (Å²) >= 11 is 2.40. The zero-order valence-corrected chi connectivity index (χ0v) is 13.5. The quantitative estimate of drug-likeness (QED) is 0.824. The molecule has 1 heterocycles. The second kappa shape index (κ2) is 6.75. The third-order valence-electron chi connectivity index (χ3n) is 3.95. The summed E-state index contributed by atoms with van der Waals surface area (Å²) in [5, 5.41) is 3.69. The van der Waals surface area contributed by atoms with E-state index in [1.165, 1.54) is 41.7 Å². The van der Waals surface area contributed by atoms with Crippen LogP contribution in [0.1, 0.15) is 26.7 Å². The first-order chi connectivity index (χ1) is 8.70. The van der Waals surface area contributed by atoms with Gasteiger partial charge in [-0.2, -0.15) is 0 Å². The van der Waals surface area contributed by atoms with Gasteiger partial charge in [0, 0.05) is 21.8 Å². The van der Waals surface area contributed by atoms with Crippen LogP contribution >= 0.6 is 22.6 Å². The van der Waals surface area contributed by atoms with Crippen LogP contribution in [0.3, 0.4) is 0 Å². The number of hydrogen-bond acceptors (Lipinski definition) is 2. The van der Waals surface area contributed by atoms with Gasteiger partial charge in [0.1, 0.15) is 0 Å². The molecule has 3 heteroatoms. The van der Waals surface area contributed by atoms with Gasteiger partial charge in [0.25, 0.3) is 0 Å². The molecule has 1 aliphatic rings. The monoisotopic (exact) mass is 358 g/mol. The molecule has 0 saturated carbocycles. The average Bonchev–Trinajstić information content (AvgIpc) is 2.41. The van der Waals surface area contributed by atoms with E-state index < -0.39 is 0 Å². The molecule has 2 rings (SSSR count). The zero-order valence-electron chi connectivity index (χ0n) is 11.3. The van der Waals surface area contributed by atoms with Crippen molar-refractivity contribution in [1.82, 2.24) is 4.90 Å². The predicted octanol–water partition coefficient (Wildman–Crippen LogP) is 3.82. The Morgan fingerprint density at radius 2 is 2.22 bits per heavy atom. The topological polar surface area (TPSA) is 15.3 Å². The van der Waals surface area contributed by atoms with E-state index >= 15 is 0 Å². The lowest BCUT2D eigenvalue weighted by molar-refractivity contribution is 0.172. The van der Waals surface area contributed by atoms with E-state index in [-0.39, 0.29) is 0 Å². The van der Waals surface area contributed by atoms with Crippen LogP contribution in [0.2, 0.25) is 0 Å². The van der Waals surface area contributed by atoms with Gasteiger partial charge >= 0.3 is 0 Å². The summed E-state index contributed by atoms with van der Waals surface area (Å²) in [6, 6.07) is 9.09. The van der Waals surface area contributed by atoms with Gasteiger partial charge in [0.15, 0.2) is 0 Å². The number of halogens is 1. The van der Waals surface area contributed by atoms with Crippen LogP contribution in [-0.4, -0.2) is 30.6 Å². The lowest BCUT2D eigenvalue weighted by Gasteiger charge is -2.35. The molecular weight excluding hydrogens is 335 g/mol. The molecule has 0 bridgehead atoms. The summed E-state index contributed by atoms with van der Waals surface area (Å²) in [4.78, 5) is 2.57. The van der Waals surface area contributed by atoms with E-state index in [1.807, 2.05) is 0 Å². The molecule has 1 aliphatic heterocycles. The Balaban J connectivity index is 1.95. The normalized spacial score (nSPS) is 22.7. The predicted molar refractivity (Wildman–Crippen MR) is 87.1 cm³/mol. The zero-order chi connectivity index (χ0) is 13.0. The van der Waals surface area contributed by atoms with Gasteiger partial charge in [-0.15, -0.1) is 0 Å². The Morgan fingerprint density at radius 3 is 2.94 bits per heavy atom. The van der Waals surface area contributed by atoms with Gasteiger partial charge < -0.3 is 10.2 Å². The lowest BCUT2D eigenvalue weighted by atomic mass is 9.91. The fraction of sp³-hybridized carbons (Fsp3) is 0.600. The Morgan fingerprint density at radius 1 is 1.44 bits per heavy atom. The molecule has 100 valence electrons. The highest BCUT2D eigenvalue weighted by atomic mass is 127. The maximum atomic E-state index is 3.69. The third kappa shape index (κ3) is 3.60. The molecule has 0 aliphatic carbocycles. The molecule has 2 unspecified atom stereocenters. The molecule has 1 saturated heterocycles. The van der Waals surface area contributed by atoms with Crippen LogP contribution < -0.4 is 5.32 Å². The molecular formula is C15H23IN2. The van der Waals surface area contributed by atoms with Crippen LogP contribution in [0.4, 0.5) is 5.69 Å². The Bertz CT molecular complexity index is 381. The highest BCUT2D eigenvalue weighted by Gasteiger charge is 2.23. The molecule has 1 fully saturated rings. The number of benzene rings is 1. The smallest absolute Gasteiger partial charge is 0.0478 e. The number of nitrogens with zero attached hydrogens (tertiary/aromatic N) is 1. The number of piperidine rings is 1. The number of nitrogens with one attached hydrogen (secondary N) is 1. The van der Waals surface area contributed by atoms with Crippen molar-refractivity contribution in [3.05, 3.63) is 27.8 Å². The Labute approximate surface area is 124 Å². The molecule has 2 atom stereocenters. The van der Waals surface area contributed by atoms with Crippen LogP contribution in [0.25, 0.3) is 0 Å². The molecule has 0 radical (unpaired) electrons. The standard InChI is InChI=1S/C15H23IN2/c1-3-18-10-6-7-13(11-18)12(2)17-15-9-5-4-8-14(15)16/h4-5,8-9,12-13,17H,3,6-7,10-11H2,1-2H3. The molecule has 1 N–H and O–H groups in total. The van der Waals surface area contributed by atoms with Crippen LogP contribution in [0.5, 0.6) is 0 Å².